The summed E-state index contributed by atoms with van der Waals surface area (Å²) in [5.41, 5.74) is 0.146. The fourth-order valence-corrected chi connectivity index (χ4v) is 2.18. The first kappa shape index (κ1) is 16.4. The predicted molar refractivity (Wildman–Crippen MR) is 77.6 cm³/mol. The summed E-state index contributed by atoms with van der Waals surface area (Å²) in [6.07, 6.45) is 0. The number of carbonyl (C=O) groups excluding carboxylic acids is 1. The van der Waals surface area contributed by atoms with E-state index in [1.165, 1.54) is 25.3 Å². The molecule has 112 valence electrons. The summed E-state index contributed by atoms with van der Waals surface area (Å²) in [6, 6.07) is 3.91. The van der Waals surface area contributed by atoms with Gasteiger partial charge in [0.2, 0.25) is 0 Å². The fraction of sp³-hybridized carbons (Fsp3) is 0.533. The number of methoxy groups -OCH3 is 1. The maximum absolute atomic E-state index is 13.2. The van der Waals surface area contributed by atoms with Gasteiger partial charge in [-0.3, -0.25) is 4.79 Å². The normalized spacial score (nSPS) is 11.6. The van der Waals surface area contributed by atoms with Crippen LogP contribution in [0.3, 0.4) is 0 Å². The highest BCUT2D eigenvalue weighted by atomic mass is 19.1. The molecule has 0 aliphatic rings. The molecule has 0 saturated heterocycles. The Morgan fingerprint density at radius 1 is 1.40 bits per heavy atom. The van der Waals surface area contributed by atoms with E-state index in [1.807, 2.05) is 14.1 Å². The molecule has 0 bridgehead atoms. The fourth-order valence-electron chi connectivity index (χ4n) is 2.18. The zero-order chi connectivity index (χ0) is 15.3. The average molecular weight is 282 g/mol. The number of nitrogens with one attached hydrogen (secondary N) is 1. The monoisotopic (exact) mass is 282 g/mol. The van der Waals surface area contributed by atoms with E-state index < -0.39 is 5.82 Å². The van der Waals surface area contributed by atoms with E-state index in [4.69, 9.17) is 4.74 Å². The summed E-state index contributed by atoms with van der Waals surface area (Å²) in [5.74, 6) is -0.411. The summed E-state index contributed by atoms with van der Waals surface area (Å²) in [7, 11) is 5.43. The molecule has 0 fully saturated rings. The van der Waals surface area contributed by atoms with E-state index in [0.717, 1.165) is 6.54 Å². The maximum Gasteiger partial charge on any atom is 0.255 e. The first-order valence-corrected chi connectivity index (χ1v) is 6.51. The van der Waals surface area contributed by atoms with Crippen LogP contribution in [0.15, 0.2) is 18.2 Å². The largest absolute Gasteiger partial charge is 0.496 e. The van der Waals surface area contributed by atoms with Crippen molar-refractivity contribution in [2.24, 2.45) is 5.41 Å². The molecular weight excluding hydrogens is 259 g/mol. The summed E-state index contributed by atoms with van der Waals surface area (Å²) < 4.78 is 18.3. The molecule has 20 heavy (non-hydrogen) atoms. The minimum atomic E-state index is -0.455. The van der Waals surface area contributed by atoms with Crippen LogP contribution in [0, 0.1) is 11.2 Å². The van der Waals surface area contributed by atoms with Crippen LogP contribution in [-0.2, 0) is 0 Å². The Kier molecular flexibility index (Phi) is 5.51. The molecule has 0 atom stereocenters. The summed E-state index contributed by atoms with van der Waals surface area (Å²) in [5, 5.41) is 2.83. The van der Waals surface area contributed by atoms with E-state index in [-0.39, 0.29) is 16.9 Å². The molecule has 0 aliphatic heterocycles. The van der Waals surface area contributed by atoms with Gasteiger partial charge in [-0.05, 0) is 37.7 Å². The first-order valence-electron chi connectivity index (χ1n) is 6.51. The van der Waals surface area contributed by atoms with Gasteiger partial charge in [0.25, 0.3) is 5.91 Å². The number of halogens is 1. The number of hydrogen-bond acceptors (Lipinski definition) is 3. The molecule has 5 heteroatoms. The van der Waals surface area contributed by atoms with Crippen molar-refractivity contribution < 1.29 is 13.9 Å². The van der Waals surface area contributed by atoms with Crippen molar-refractivity contribution in [1.29, 1.82) is 0 Å². The van der Waals surface area contributed by atoms with Crippen molar-refractivity contribution in [1.82, 2.24) is 10.2 Å². The molecule has 0 aliphatic carbocycles. The second-order valence-corrected chi connectivity index (χ2v) is 5.93. The van der Waals surface area contributed by atoms with Crippen LogP contribution in [0.5, 0.6) is 5.75 Å². The Balaban J connectivity index is 2.74. The smallest absolute Gasteiger partial charge is 0.255 e. The van der Waals surface area contributed by atoms with Crippen molar-refractivity contribution in [3.63, 3.8) is 0 Å². The topological polar surface area (TPSA) is 41.6 Å². The standard InChI is InChI=1S/C15H23FN2O2/c1-15(2,10-18(3)4)9-17-14(19)12-8-11(16)6-7-13(12)20-5/h6-8H,9-10H2,1-5H3,(H,17,19). The predicted octanol–water partition coefficient (Wildman–Crippen LogP) is 2.15. The minimum absolute atomic E-state index is 0.0697. The lowest BCUT2D eigenvalue weighted by molar-refractivity contribution is 0.0925. The van der Waals surface area contributed by atoms with Crippen molar-refractivity contribution >= 4 is 5.91 Å². The molecule has 0 heterocycles. The molecule has 0 radical (unpaired) electrons. The van der Waals surface area contributed by atoms with Crippen molar-refractivity contribution in [2.75, 3.05) is 34.3 Å². The lowest BCUT2D eigenvalue weighted by Gasteiger charge is -2.28. The number of hydrogen-bond donors (Lipinski definition) is 1. The molecule has 0 saturated carbocycles. The van der Waals surface area contributed by atoms with Gasteiger partial charge >= 0.3 is 0 Å². The highest BCUT2D eigenvalue weighted by Gasteiger charge is 2.21. The molecule has 0 unspecified atom stereocenters. The van der Waals surface area contributed by atoms with Crippen molar-refractivity contribution in [2.45, 2.75) is 13.8 Å². The third-order valence-corrected chi connectivity index (χ3v) is 2.88. The van der Waals surface area contributed by atoms with Gasteiger partial charge in [-0.1, -0.05) is 13.8 Å². The summed E-state index contributed by atoms with van der Waals surface area (Å²) in [4.78, 5) is 14.2. The quantitative estimate of drug-likeness (QED) is 0.869. The number of amides is 1. The number of nitrogens with zero attached hydrogens (tertiary/aromatic N) is 1. The van der Waals surface area contributed by atoms with Crippen LogP contribution in [0.2, 0.25) is 0 Å². The lowest BCUT2D eigenvalue weighted by Crippen LogP contribution is -2.40. The number of ether oxygens (including phenoxy) is 1. The molecule has 0 spiro atoms. The average Bonchev–Trinajstić information content (AvgIpc) is 2.34. The zero-order valence-electron chi connectivity index (χ0n) is 12.8. The van der Waals surface area contributed by atoms with Crippen LogP contribution >= 0.6 is 0 Å². The molecule has 1 aromatic carbocycles. The van der Waals surface area contributed by atoms with Gasteiger partial charge in [0.05, 0.1) is 12.7 Å². The molecule has 1 amide bonds. The molecule has 1 aromatic rings. The van der Waals surface area contributed by atoms with Gasteiger partial charge in [0.15, 0.2) is 0 Å². The van der Waals surface area contributed by atoms with Crippen molar-refractivity contribution in [3.05, 3.63) is 29.6 Å². The van der Waals surface area contributed by atoms with E-state index in [9.17, 15) is 9.18 Å². The van der Waals surface area contributed by atoms with Gasteiger partial charge < -0.3 is 15.0 Å². The van der Waals surface area contributed by atoms with Gasteiger partial charge in [0, 0.05) is 13.1 Å². The molecule has 1 rings (SSSR count). The Morgan fingerprint density at radius 2 is 2.05 bits per heavy atom. The molecule has 4 nitrogen and oxygen atoms in total. The Morgan fingerprint density at radius 3 is 2.60 bits per heavy atom. The number of rotatable bonds is 6. The van der Waals surface area contributed by atoms with Gasteiger partial charge in [0.1, 0.15) is 11.6 Å². The summed E-state index contributed by atoms with van der Waals surface area (Å²) >= 11 is 0. The van der Waals surface area contributed by atoms with Gasteiger partial charge in [-0.2, -0.15) is 0 Å². The third-order valence-electron chi connectivity index (χ3n) is 2.88. The lowest BCUT2D eigenvalue weighted by atomic mass is 9.93. The van der Waals surface area contributed by atoms with Crippen LogP contribution in [0.1, 0.15) is 24.2 Å². The van der Waals surface area contributed by atoms with E-state index in [2.05, 4.69) is 24.1 Å². The first-order chi connectivity index (χ1) is 9.25. The Labute approximate surface area is 119 Å². The Hall–Kier alpha value is -1.62. The van der Waals surface area contributed by atoms with Crippen LogP contribution in [-0.4, -0.2) is 45.1 Å². The van der Waals surface area contributed by atoms with Crippen molar-refractivity contribution in [3.8, 4) is 5.75 Å². The third kappa shape index (κ3) is 4.81. The van der Waals surface area contributed by atoms with Gasteiger partial charge in [-0.15, -0.1) is 0 Å². The highest BCUT2D eigenvalue weighted by molar-refractivity contribution is 5.96. The van der Waals surface area contributed by atoms with Gasteiger partial charge in [-0.25, -0.2) is 4.39 Å². The summed E-state index contributed by atoms with van der Waals surface area (Å²) in [6.45, 7) is 5.48. The highest BCUT2D eigenvalue weighted by Crippen LogP contribution is 2.20. The molecule has 1 N–H and O–H groups in total. The van der Waals surface area contributed by atoms with Crippen LogP contribution in [0.25, 0.3) is 0 Å². The number of benzene rings is 1. The second-order valence-electron chi connectivity index (χ2n) is 5.93. The zero-order valence-corrected chi connectivity index (χ0v) is 12.8. The number of carbonyl (C=O) groups is 1. The second kappa shape index (κ2) is 6.70. The Bertz CT molecular complexity index is 473. The SMILES string of the molecule is COc1ccc(F)cc1C(=O)NCC(C)(C)CN(C)C. The minimum Gasteiger partial charge on any atom is -0.496 e. The van der Waals surface area contributed by atoms with E-state index in [0.29, 0.717) is 12.3 Å². The molecule has 0 aromatic heterocycles. The van der Waals surface area contributed by atoms with Crippen LogP contribution < -0.4 is 10.1 Å². The molecular formula is C15H23FN2O2. The van der Waals surface area contributed by atoms with Crippen LogP contribution in [0.4, 0.5) is 4.39 Å². The van der Waals surface area contributed by atoms with E-state index >= 15 is 0 Å². The maximum atomic E-state index is 13.2. The van der Waals surface area contributed by atoms with E-state index in [1.54, 1.807) is 0 Å².